The second-order valence-corrected chi connectivity index (χ2v) is 8.53. The number of benzene rings is 2. The van der Waals surface area contributed by atoms with Gasteiger partial charge in [-0.2, -0.15) is 4.31 Å². The van der Waals surface area contributed by atoms with Crippen molar-refractivity contribution in [3.63, 3.8) is 0 Å². The van der Waals surface area contributed by atoms with E-state index in [2.05, 4.69) is 20.9 Å². The zero-order chi connectivity index (χ0) is 19.0. The smallest absolute Gasteiger partial charge is 0.243 e. The average Bonchev–Trinajstić information content (AvgIpc) is 3.07. The summed E-state index contributed by atoms with van der Waals surface area (Å²) in [5, 5.41) is 0. The van der Waals surface area contributed by atoms with Gasteiger partial charge in [0.05, 0.1) is 23.0 Å². The molecule has 0 spiro atoms. The minimum absolute atomic E-state index is 0.297. The number of anilines is 1. The SMILES string of the molecule is COc1ccc(S(=O)(=O)N2CCN(c3ccc4nc(C)[nH]c4c3)CC2)cc1. The molecule has 4 rings (SSSR count). The number of imidazole rings is 1. The molecule has 1 aliphatic heterocycles. The van der Waals surface area contributed by atoms with E-state index in [-0.39, 0.29) is 0 Å². The molecule has 2 aromatic carbocycles. The van der Waals surface area contributed by atoms with Crippen molar-refractivity contribution in [2.24, 2.45) is 0 Å². The second kappa shape index (κ2) is 6.86. The van der Waals surface area contributed by atoms with E-state index in [1.54, 1.807) is 35.7 Å². The summed E-state index contributed by atoms with van der Waals surface area (Å²) < 4.78 is 32.4. The molecule has 8 heteroatoms. The van der Waals surface area contributed by atoms with Gasteiger partial charge in [-0.05, 0) is 49.4 Å². The van der Waals surface area contributed by atoms with Gasteiger partial charge in [-0.3, -0.25) is 0 Å². The summed E-state index contributed by atoms with van der Waals surface area (Å²) in [6, 6.07) is 12.6. The molecule has 0 unspecified atom stereocenters. The third kappa shape index (κ3) is 3.38. The van der Waals surface area contributed by atoms with Crippen molar-refractivity contribution in [3.05, 3.63) is 48.3 Å². The third-order valence-electron chi connectivity index (χ3n) is 4.88. The Morgan fingerprint density at radius 2 is 1.74 bits per heavy atom. The Morgan fingerprint density at radius 3 is 2.41 bits per heavy atom. The van der Waals surface area contributed by atoms with Crippen molar-refractivity contribution in [1.29, 1.82) is 0 Å². The van der Waals surface area contributed by atoms with Crippen LogP contribution in [0.1, 0.15) is 5.82 Å². The van der Waals surface area contributed by atoms with Gasteiger partial charge in [0, 0.05) is 31.9 Å². The molecule has 0 atom stereocenters. The molecule has 0 amide bonds. The summed E-state index contributed by atoms with van der Waals surface area (Å²) in [6.07, 6.45) is 0. The van der Waals surface area contributed by atoms with Gasteiger partial charge >= 0.3 is 0 Å². The van der Waals surface area contributed by atoms with Crippen LogP contribution in [-0.2, 0) is 10.0 Å². The normalized spacial score (nSPS) is 16.0. The fourth-order valence-electron chi connectivity index (χ4n) is 3.41. The molecular weight excluding hydrogens is 364 g/mol. The van der Waals surface area contributed by atoms with Crippen LogP contribution in [0, 0.1) is 6.92 Å². The molecule has 0 saturated carbocycles. The van der Waals surface area contributed by atoms with E-state index in [1.807, 2.05) is 19.1 Å². The lowest BCUT2D eigenvalue weighted by atomic mass is 10.2. The lowest BCUT2D eigenvalue weighted by Gasteiger charge is -2.35. The minimum atomic E-state index is -3.49. The zero-order valence-electron chi connectivity index (χ0n) is 15.3. The number of piperazine rings is 1. The van der Waals surface area contributed by atoms with Gasteiger partial charge in [-0.25, -0.2) is 13.4 Å². The molecule has 0 radical (unpaired) electrons. The van der Waals surface area contributed by atoms with Gasteiger partial charge in [0.2, 0.25) is 10.0 Å². The molecule has 1 aromatic heterocycles. The monoisotopic (exact) mass is 386 g/mol. The predicted octanol–water partition coefficient (Wildman–Crippen LogP) is 2.39. The van der Waals surface area contributed by atoms with E-state index in [9.17, 15) is 8.42 Å². The van der Waals surface area contributed by atoms with Crippen molar-refractivity contribution < 1.29 is 13.2 Å². The number of nitrogens with one attached hydrogen (secondary N) is 1. The number of H-pyrrole nitrogens is 1. The quantitative estimate of drug-likeness (QED) is 0.745. The lowest BCUT2D eigenvalue weighted by molar-refractivity contribution is 0.384. The van der Waals surface area contributed by atoms with Crippen LogP contribution < -0.4 is 9.64 Å². The number of aromatic amines is 1. The Balaban J connectivity index is 1.48. The maximum absolute atomic E-state index is 12.9. The molecule has 1 fully saturated rings. The summed E-state index contributed by atoms with van der Waals surface area (Å²) in [5.41, 5.74) is 3.02. The van der Waals surface area contributed by atoms with Gasteiger partial charge < -0.3 is 14.6 Å². The van der Waals surface area contributed by atoms with Crippen LogP contribution in [0.3, 0.4) is 0 Å². The Labute approximate surface area is 158 Å². The molecular formula is C19H22N4O3S. The van der Waals surface area contributed by atoms with E-state index < -0.39 is 10.0 Å². The van der Waals surface area contributed by atoms with E-state index in [1.165, 1.54) is 0 Å². The fraction of sp³-hybridized carbons (Fsp3) is 0.316. The van der Waals surface area contributed by atoms with Gasteiger partial charge in [-0.1, -0.05) is 0 Å². The number of aryl methyl sites for hydroxylation is 1. The summed E-state index contributed by atoms with van der Waals surface area (Å²) in [4.78, 5) is 10.2. The molecule has 27 heavy (non-hydrogen) atoms. The highest BCUT2D eigenvalue weighted by Gasteiger charge is 2.28. The van der Waals surface area contributed by atoms with Gasteiger partial charge in [-0.15, -0.1) is 0 Å². The fourth-order valence-corrected chi connectivity index (χ4v) is 4.83. The van der Waals surface area contributed by atoms with Gasteiger partial charge in [0.1, 0.15) is 11.6 Å². The standard InChI is InChI=1S/C19H22N4O3S/c1-14-20-18-8-3-15(13-19(18)21-14)22-9-11-23(12-10-22)27(24,25)17-6-4-16(26-2)5-7-17/h3-8,13H,9-12H2,1-2H3,(H,20,21). The first-order chi connectivity index (χ1) is 13.0. The maximum atomic E-state index is 12.9. The summed E-state index contributed by atoms with van der Waals surface area (Å²) in [5.74, 6) is 1.53. The van der Waals surface area contributed by atoms with Crippen LogP contribution in [0.2, 0.25) is 0 Å². The Kier molecular flexibility index (Phi) is 4.53. The van der Waals surface area contributed by atoms with E-state index in [0.717, 1.165) is 22.5 Å². The predicted molar refractivity (Wildman–Crippen MR) is 105 cm³/mol. The van der Waals surface area contributed by atoms with Crippen molar-refractivity contribution in [2.45, 2.75) is 11.8 Å². The van der Waals surface area contributed by atoms with Crippen LogP contribution >= 0.6 is 0 Å². The Bertz CT molecular complexity index is 1050. The van der Waals surface area contributed by atoms with Gasteiger partial charge in [0.25, 0.3) is 0 Å². The molecule has 2 heterocycles. The summed E-state index contributed by atoms with van der Waals surface area (Å²) >= 11 is 0. The lowest BCUT2D eigenvalue weighted by Crippen LogP contribution is -2.48. The number of ether oxygens (including phenoxy) is 1. The molecule has 0 bridgehead atoms. The van der Waals surface area contributed by atoms with Crippen LogP contribution in [0.4, 0.5) is 5.69 Å². The molecule has 3 aromatic rings. The summed E-state index contributed by atoms with van der Waals surface area (Å²) in [6.45, 7) is 4.13. The first-order valence-electron chi connectivity index (χ1n) is 8.83. The number of aromatic nitrogens is 2. The molecule has 7 nitrogen and oxygen atoms in total. The van der Waals surface area contributed by atoms with Crippen LogP contribution in [0.25, 0.3) is 11.0 Å². The average molecular weight is 386 g/mol. The number of hydrogen-bond acceptors (Lipinski definition) is 5. The topological polar surface area (TPSA) is 78.5 Å². The third-order valence-corrected chi connectivity index (χ3v) is 6.80. The van der Waals surface area contributed by atoms with Crippen LogP contribution in [0.15, 0.2) is 47.4 Å². The highest BCUT2D eigenvalue weighted by Crippen LogP contribution is 2.25. The zero-order valence-corrected chi connectivity index (χ0v) is 16.2. The molecule has 1 N–H and O–H groups in total. The maximum Gasteiger partial charge on any atom is 0.243 e. The number of fused-ring (bicyclic) bond motifs is 1. The molecule has 1 aliphatic rings. The van der Waals surface area contributed by atoms with Crippen LogP contribution in [0.5, 0.6) is 5.75 Å². The molecule has 1 saturated heterocycles. The van der Waals surface area contributed by atoms with Crippen molar-refractivity contribution in [1.82, 2.24) is 14.3 Å². The number of rotatable bonds is 4. The highest BCUT2D eigenvalue weighted by molar-refractivity contribution is 7.89. The van der Waals surface area contributed by atoms with E-state index in [4.69, 9.17) is 4.74 Å². The molecule has 142 valence electrons. The molecule has 0 aliphatic carbocycles. The number of methoxy groups -OCH3 is 1. The van der Waals surface area contributed by atoms with Crippen LogP contribution in [-0.4, -0.2) is 56.0 Å². The number of sulfonamides is 1. The van der Waals surface area contributed by atoms with Gasteiger partial charge in [0.15, 0.2) is 0 Å². The van der Waals surface area contributed by atoms with Crippen molar-refractivity contribution in [3.8, 4) is 5.75 Å². The first kappa shape index (κ1) is 17.8. The van der Waals surface area contributed by atoms with Crippen molar-refractivity contribution >= 4 is 26.7 Å². The number of hydrogen-bond donors (Lipinski definition) is 1. The first-order valence-corrected chi connectivity index (χ1v) is 10.3. The second-order valence-electron chi connectivity index (χ2n) is 6.59. The van der Waals surface area contributed by atoms with Crippen molar-refractivity contribution in [2.75, 3.05) is 38.2 Å². The minimum Gasteiger partial charge on any atom is -0.497 e. The number of nitrogens with zero attached hydrogens (tertiary/aromatic N) is 3. The highest BCUT2D eigenvalue weighted by atomic mass is 32.2. The largest absolute Gasteiger partial charge is 0.497 e. The summed E-state index contributed by atoms with van der Waals surface area (Å²) in [7, 11) is -1.93. The Hall–Kier alpha value is -2.58. The van der Waals surface area contributed by atoms with E-state index in [0.29, 0.717) is 36.8 Å². The van der Waals surface area contributed by atoms with E-state index >= 15 is 0 Å². The Morgan fingerprint density at radius 1 is 1.04 bits per heavy atom.